The van der Waals surface area contributed by atoms with Crippen molar-refractivity contribution < 1.29 is 0 Å². The van der Waals surface area contributed by atoms with E-state index in [0.717, 1.165) is 0 Å². The van der Waals surface area contributed by atoms with Crippen LogP contribution >= 0.6 is 0 Å². The molecule has 31 heavy (non-hydrogen) atoms. The molecular weight excluding hydrogens is 376 g/mol. The highest BCUT2D eigenvalue weighted by molar-refractivity contribution is 5.02. The SMILES string of the molecule is CCCCCCCCCCCC(CCCCC)c1nccn1C(C)CCCCCCC. The molecule has 2 heteroatoms. The van der Waals surface area contributed by atoms with Gasteiger partial charge in [0.05, 0.1) is 0 Å². The molecule has 182 valence electrons. The van der Waals surface area contributed by atoms with E-state index < -0.39 is 0 Å². The number of imidazole rings is 1. The van der Waals surface area contributed by atoms with E-state index in [2.05, 4.69) is 44.7 Å². The third-order valence-corrected chi connectivity index (χ3v) is 7.08. The van der Waals surface area contributed by atoms with Crippen molar-refractivity contribution in [2.24, 2.45) is 0 Å². The predicted molar refractivity (Wildman–Crippen MR) is 139 cm³/mol. The van der Waals surface area contributed by atoms with Crippen LogP contribution in [0.1, 0.15) is 174 Å². The lowest BCUT2D eigenvalue weighted by atomic mass is 9.93. The van der Waals surface area contributed by atoms with Crippen LogP contribution in [0.15, 0.2) is 12.4 Å². The molecule has 0 fully saturated rings. The van der Waals surface area contributed by atoms with Gasteiger partial charge in [-0.25, -0.2) is 4.98 Å². The van der Waals surface area contributed by atoms with Gasteiger partial charge in [0.15, 0.2) is 0 Å². The normalized spacial score (nSPS) is 13.5. The van der Waals surface area contributed by atoms with E-state index in [1.807, 2.05) is 0 Å². The molecule has 2 unspecified atom stereocenters. The number of unbranched alkanes of at least 4 members (excludes halogenated alkanes) is 14. The van der Waals surface area contributed by atoms with Crippen LogP contribution in [0.2, 0.25) is 0 Å². The summed E-state index contributed by atoms with van der Waals surface area (Å²) in [6, 6.07) is 0.593. The molecule has 0 bridgehead atoms. The largest absolute Gasteiger partial charge is 0.332 e. The Bertz CT molecular complexity index is 493. The molecule has 0 spiro atoms. The Morgan fingerprint density at radius 1 is 0.613 bits per heavy atom. The molecule has 1 heterocycles. The highest BCUT2D eigenvalue weighted by Crippen LogP contribution is 2.30. The zero-order chi connectivity index (χ0) is 22.6. The predicted octanol–water partition coefficient (Wildman–Crippen LogP) is 10.4. The topological polar surface area (TPSA) is 17.8 Å². The summed E-state index contributed by atoms with van der Waals surface area (Å²) in [6.45, 7) is 9.33. The second kappa shape index (κ2) is 19.9. The lowest BCUT2D eigenvalue weighted by Gasteiger charge is -2.22. The van der Waals surface area contributed by atoms with Gasteiger partial charge in [0, 0.05) is 24.4 Å². The van der Waals surface area contributed by atoms with Gasteiger partial charge >= 0.3 is 0 Å². The van der Waals surface area contributed by atoms with Gasteiger partial charge in [-0.1, -0.05) is 130 Å². The molecule has 0 N–H and O–H groups in total. The summed E-state index contributed by atoms with van der Waals surface area (Å²) in [4.78, 5) is 4.89. The summed E-state index contributed by atoms with van der Waals surface area (Å²) >= 11 is 0. The first-order chi connectivity index (χ1) is 15.2. The molecule has 0 aliphatic carbocycles. The van der Waals surface area contributed by atoms with Gasteiger partial charge in [-0.15, -0.1) is 0 Å². The molecule has 0 aromatic carbocycles. The highest BCUT2D eigenvalue weighted by Gasteiger charge is 2.19. The fourth-order valence-electron chi connectivity index (χ4n) is 4.94. The van der Waals surface area contributed by atoms with Crippen molar-refractivity contribution in [1.29, 1.82) is 0 Å². The number of hydrogen-bond donors (Lipinski definition) is 0. The standard InChI is InChI=1S/C29H56N2/c1-5-8-11-13-14-15-16-18-21-24-28(23-19-10-7-3)29-30-25-26-31(29)27(4)22-20-17-12-9-6-2/h25-28H,5-24H2,1-4H3. The van der Waals surface area contributed by atoms with Crippen LogP contribution in [0, 0.1) is 0 Å². The molecule has 0 saturated carbocycles. The van der Waals surface area contributed by atoms with Crippen molar-refractivity contribution in [2.75, 3.05) is 0 Å². The molecule has 2 nitrogen and oxygen atoms in total. The first kappa shape index (κ1) is 28.2. The molecule has 0 radical (unpaired) electrons. The van der Waals surface area contributed by atoms with Crippen LogP contribution < -0.4 is 0 Å². The number of aromatic nitrogens is 2. The van der Waals surface area contributed by atoms with E-state index in [0.29, 0.717) is 12.0 Å². The van der Waals surface area contributed by atoms with Gasteiger partial charge in [0.25, 0.3) is 0 Å². The third-order valence-electron chi connectivity index (χ3n) is 7.08. The Labute approximate surface area is 196 Å². The zero-order valence-corrected chi connectivity index (χ0v) is 21.8. The van der Waals surface area contributed by atoms with E-state index in [4.69, 9.17) is 4.98 Å². The van der Waals surface area contributed by atoms with Gasteiger partial charge in [0.2, 0.25) is 0 Å². The second-order valence-electron chi connectivity index (χ2n) is 10.1. The van der Waals surface area contributed by atoms with Gasteiger partial charge in [-0.2, -0.15) is 0 Å². The Morgan fingerprint density at radius 2 is 1.03 bits per heavy atom. The summed E-state index contributed by atoms with van der Waals surface area (Å²) in [6.07, 6.45) is 31.9. The minimum Gasteiger partial charge on any atom is -0.332 e. The molecule has 0 saturated heterocycles. The Kier molecular flexibility index (Phi) is 18.1. The maximum atomic E-state index is 4.89. The molecule has 1 aromatic rings. The maximum absolute atomic E-state index is 4.89. The van der Waals surface area contributed by atoms with Crippen molar-refractivity contribution in [3.8, 4) is 0 Å². The monoisotopic (exact) mass is 432 g/mol. The van der Waals surface area contributed by atoms with E-state index >= 15 is 0 Å². The number of hydrogen-bond acceptors (Lipinski definition) is 1. The lowest BCUT2D eigenvalue weighted by molar-refractivity contribution is 0.414. The first-order valence-electron chi connectivity index (χ1n) is 14.3. The van der Waals surface area contributed by atoms with Crippen molar-refractivity contribution in [3.05, 3.63) is 18.2 Å². The van der Waals surface area contributed by atoms with Crippen LogP contribution in [0.25, 0.3) is 0 Å². The fourth-order valence-corrected chi connectivity index (χ4v) is 4.94. The van der Waals surface area contributed by atoms with Crippen LogP contribution in [0.4, 0.5) is 0 Å². The van der Waals surface area contributed by atoms with E-state index in [1.165, 1.54) is 134 Å². The van der Waals surface area contributed by atoms with Crippen molar-refractivity contribution >= 4 is 0 Å². The second-order valence-corrected chi connectivity index (χ2v) is 10.1. The molecule has 0 amide bonds. The van der Waals surface area contributed by atoms with Crippen LogP contribution in [0.3, 0.4) is 0 Å². The van der Waals surface area contributed by atoms with E-state index in [-0.39, 0.29) is 0 Å². The van der Waals surface area contributed by atoms with Gasteiger partial charge < -0.3 is 4.57 Å². The average molecular weight is 433 g/mol. The molecule has 0 aliphatic heterocycles. The summed E-state index contributed by atoms with van der Waals surface area (Å²) in [5.74, 6) is 2.05. The van der Waals surface area contributed by atoms with Crippen molar-refractivity contribution in [2.45, 2.75) is 168 Å². The van der Waals surface area contributed by atoms with Gasteiger partial charge in [-0.05, 0) is 26.2 Å². The maximum Gasteiger partial charge on any atom is 0.111 e. The van der Waals surface area contributed by atoms with Crippen LogP contribution in [-0.4, -0.2) is 9.55 Å². The molecular formula is C29H56N2. The van der Waals surface area contributed by atoms with Crippen molar-refractivity contribution in [1.82, 2.24) is 9.55 Å². The van der Waals surface area contributed by atoms with Crippen LogP contribution in [0.5, 0.6) is 0 Å². The van der Waals surface area contributed by atoms with Crippen molar-refractivity contribution in [3.63, 3.8) is 0 Å². The minimum atomic E-state index is 0.593. The third kappa shape index (κ3) is 13.4. The summed E-state index contributed by atoms with van der Waals surface area (Å²) < 4.78 is 2.53. The number of nitrogens with zero attached hydrogens (tertiary/aromatic N) is 2. The Balaban J connectivity index is 2.46. The van der Waals surface area contributed by atoms with Crippen LogP contribution in [-0.2, 0) is 0 Å². The summed E-state index contributed by atoms with van der Waals surface area (Å²) in [5, 5.41) is 0. The minimum absolute atomic E-state index is 0.593. The summed E-state index contributed by atoms with van der Waals surface area (Å²) in [5.41, 5.74) is 0. The van der Waals surface area contributed by atoms with E-state index in [1.54, 1.807) is 0 Å². The van der Waals surface area contributed by atoms with Gasteiger partial charge in [-0.3, -0.25) is 0 Å². The number of rotatable bonds is 22. The Morgan fingerprint density at radius 3 is 1.58 bits per heavy atom. The van der Waals surface area contributed by atoms with Gasteiger partial charge in [0.1, 0.15) is 5.82 Å². The summed E-state index contributed by atoms with van der Waals surface area (Å²) in [7, 11) is 0. The average Bonchev–Trinajstić information content (AvgIpc) is 3.26. The lowest BCUT2D eigenvalue weighted by Crippen LogP contribution is -2.13. The molecule has 1 aromatic heterocycles. The zero-order valence-electron chi connectivity index (χ0n) is 21.8. The Hall–Kier alpha value is -0.790. The molecule has 1 rings (SSSR count). The highest BCUT2D eigenvalue weighted by atomic mass is 15.1. The quantitative estimate of drug-likeness (QED) is 0.167. The smallest absolute Gasteiger partial charge is 0.111 e. The fraction of sp³-hybridized carbons (Fsp3) is 0.897. The molecule has 0 aliphatic rings. The van der Waals surface area contributed by atoms with E-state index in [9.17, 15) is 0 Å². The first-order valence-corrected chi connectivity index (χ1v) is 14.3. The molecule has 2 atom stereocenters.